The summed E-state index contributed by atoms with van der Waals surface area (Å²) in [6.07, 6.45) is 1.17. The van der Waals surface area contributed by atoms with Gasteiger partial charge in [-0.1, -0.05) is 19.1 Å². The molecule has 1 nitrogen and oxygen atoms in total. The number of hydrogen-bond acceptors (Lipinski definition) is 1. The molecule has 0 N–H and O–H groups in total. The molecule has 0 aliphatic rings. The van der Waals surface area contributed by atoms with E-state index in [4.69, 9.17) is 3.79 Å². The third-order valence-corrected chi connectivity index (χ3v) is 1.68. The van der Waals surface area contributed by atoms with Gasteiger partial charge in [0.2, 0.25) is 0 Å². The van der Waals surface area contributed by atoms with Crippen LogP contribution in [0, 0.1) is 0 Å². The molecule has 0 aromatic carbocycles. The lowest BCUT2D eigenvalue weighted by molar-refractivity contribution is 0.335. The average Bonchev–Trinajstić information content (AvgIpc) is 1.69. The van der Waals surface area contributed by atoms with Crippen molar-refractivity contribution in [1.82, 2.24) is 0 Å². The van der Waals surface area contributed by atoms with E-state index in [2.05, 4.69) is 13.8 Å². The Labute approximate surface area is 52.1 Å². The first-order valence-corrected chi connectivity index (χ1v) is 4.57. The van der Waals surface area contributed by atoms with E-state index < -0.39 is 0 Å². The van der Waals surface area contributed by atoms with Gasteiger partial charge in [-0.2, -0.15) is 0 Å². The Bertz CT molecular complexity index is 27.3. The molecule has 2 heteroatoms. The van der Waals surface area contributed by atoms with Crippen LogP contribution in [-0.4, -0.2) is 22.2 Å². The summed E-state index contributed by atoms with van der Waals surface area (Å²) in [6, 6.07) is 0. The second-order valence-electron chi connectivity index (χ2n) is 1.61. The van der Waals surface area contributed by atoms with Crippen molar-refractivity contribution in [3.05, 3.63) is 0 Å². The summed E-state index contributed by atoms with van der Waals surface area (Å²) < 4.78 is 5.27. The second kappa shape index (κ2) is 6.49. The van der Waals surface area contributed by atoms with Crippen molar-refractivity contribution in [1.29, 1.82) is 0 Å². The first-order valence-electron chi connectivity index (χ1n) is 2.99. The molecule has 0 radical (unpaired) electrons. The van der Waals surface area contributed by atoms with E-state index in [1.54, 1.807) is 0 Å². The number of hydrogen-bond donors (Lipinski definition) is 0. The van der Waals surface area contributed by atoms with Gasteiger partial charge in [0.15, 0.2) is 0 Å². The van der Waals surface area contributed by atoms with Crippen molar-refractivity contribution in [2.75, 3.05) is 6.61 Å². The van der Waals surface area contributed by atoms with Gasteiger partial charge in [0.05, 0.1) is 0 Å². The zero-order valence-corrected chi connectivity index (χ0v) is 6.65. The molecule has 0 bridgehead atoms. The third kappa shape index (κ3) is 6.49. The maximum atomic E-state index is 5.27. The minimum Gasteiger partial charge on any atom is -0.503 e. The predicted molar refractivity (Wildman–Crippen MR) is 33.9 cm³/mol. The molecule has 42 valence electrons. The molecule has 0 heterocycles. The molecule has 0 unspecified atom stereocenters. The van der Waals surface area contributed by atoms with E-state index in [1.165, 1.54) is 11.7 Å². The third-order valence-electron chi connectivity index (χ3n) is 0.697. The molecule has 0 saturated carbocycles. The normalized spacial score (nSPS) is 8.86. The topological polar surface area (TPSA) is 9.23 Å². The highest BCUT2D eigenvalue weighted by Crippen LogP contribution is 1.79. The maximum Gasteiger partial charge on any atom is 0.435 e. The van der Waals surface area contributed by atoms with Crippen LogP contribution in [0.3, 0.4) is 0 Å². The van der Waals surface area contributed by atoms with Crippen molar-refractivity contribution in [3.8, 4) is 0 Å². The van der Waals surface area contributed by atoms with Gasteiger partial charge in [-0.25, -0.2) is 0 Å². The zero-order valence-electron chi connectivity index (χ0n) is 5.24. The summed E-state index contributed by atoms with van der Waals surface area (Å²) in [6.45, 7) is 5.31. The zero-order chi connectivity index (χ0) is 5.54. The van der Waals surface area contributed by atoms with Gasteiger partial charge in [0.25, 0.3) is 0 Å². The summed E-state index contributed by atoms with van der Waals surface area (Å²) in [5.74, 6) is 0. The van der Waals surface area contributed by atoms with Gasteiger partial charge in [-0.15, -0.1) is 0 Å². The van der Waals surface area contributed by atoms with E-state index in [0.29, 0.717) is 0 Å². The summed E-state index contributed by atoms with van der Waals surface area (Å²) in [7, 11) is 0. The van der Waals surface area contributed by atoms with Crippen molar-refractivity contribution < 1.29 is 3.79 Å². The monoisotopic (exact) mass is 116 g/mol. The van der Waals surface area contributed by atoms with Crippen LogP contribution in [0.2, 0.25) is 5.28 Å². The van der Waals surface area contributed by atoms with Gasteiger partial charge in [-0.05, 0) is 6.42 Å². The Hall–Kier alpha value is 0.492. The Kier molecular flexibility index (Phi) is 6.95. The molecule has 0 saturated heterocycles. The van der Waals surface area contributed by atoms with Crippen LogP contribution in [-0.2, 0) is 3.79 Å². The van der Waals surface area contributed by atoms with Crippen molar-refractivity contribution >= 4 is 15.6 Å². The molecule has 0 aromatic rings. The molecule has 7 heavy (non-hydrogen) atoms. The summed E-state index contributed by atoms with van der Waals surface area (Å²) in [5.41, 5.74) is 0. The van der Waals surface area contributed by atoms with Crippen LogP contribution in [0.1, 0.15) is 20.3 Å². The highest BCUT2D eigenvalue weighted by Gasteiger charge is 1.85. The molecular weight excluding hydrogens is 103 g/mol. The first-order chi connectivity index (χ1) is 3.41. The smallest absolute Gasteiger partial charge is 0.435 e. The minimum absolute atomic E-state index is 0.0893. The van der Waals surface area contributed by atoms with E-state index >= 15 is 0 Å². The Morgan fingerprint density at radius 3 is 2.57 bits per heavy atom. The van der Waals surface area contributed by atoms with Gasteiger partial charge in [0, 0.05) is 6.61 Å². The van der Waals surface area contributed by atoms with Crippen molar-refractivity contribution in [2.24, 2.45) is 0 Å². The van der Waals surface area contributed by atoms with Crippen LogP contribution in [0.25, 0.3) is 0 Å². The van der Waals surface area contributed by atoms with Crippen LogP contribution < -0.4 is 0 Å². The van der Waals surface area contributed by atoms with E-state index in [1.807, 2.05) is 0 Å². The van der Waals surface area contributed by atoms with Crippen LogP contribution in [0.4, 0.5) is 0 Å². The van der Waals surface area contributed by atoms with E-state index in [-0.39, 0.29) is 15.6 Å². The summed E-state index contributed by atoms with van der Waals surface area (Å²) in [5, 5.41) is 1.28. The SMILES string of the molecule is CCC[O][AlH][CH2]C. The van der Waals surface area contributed by atoms with Gasteiger partial charge >= 0.3 is 15.6 Å². The largest absolute Gasteiger partial charge is 0.503 e. The van der Waals surface area contributed by atoms with Crippen molar-refractivity contribution in [3.63, 3.8) is 0 Å². The first kappa shape index (κ1) is 7.49. The molecule has 0 atom stereocenters. The maximum absolute atomic E-state index is 5.27. The highest BCUT2D eigenvalue weighted by atomic mass is 27.1. The Morgan fingerprint density at radius 2 is 2.14 bits per heavy atom. The fourth-order valence-electron chi connectivity index (χ4n) is 0.391. The second-order valence-corrected chi connectivity index (χ2v) is 3.43. The predicted octanol–water partition coefficient (Wildman–Crippen LogP) is 1.20. The van der Waals surface area contributed by atoms with Gasteiger partial charge in [-0.3, -0.25) is 0 Å². The average molecular weight is 116 g/mol. The Morgan fingerprint density at radius 1 is 1.43 bits per heavy atom. The standard InChI is InChI=1S/C3H7O.C2H5.Al.H/c1-2-3-4;1-2;;/h2-3H2,1H3;1H2,2H3;;/q-1;;+1;. The fourth-order valence-corrected chi connectivity index (χ4v) is 1.17. The highest BCUT2D eigenvalue weighted by molar-refractivity contribution is 6.26. The van der Waals surface area contributed by atoms with Crippen LogP contribution in [0.5, 0.6) is 0 Å². The van der Waals surface area contributed by atoms with Gasteiger partial charge in [0.1, 0.15) is 0 Å². The molecule has 0 spiro atoms. The lowest BCUT2D eigenvalue weighted by Crippen LogP contribution is -1.96. The molecule has 0 rings (SSSR count). The summed E-state index contributed by atoms with van der Waals surface area (Å²) >= 11 is -0.0893. The lowest BCUT2D eigenvalue weighted by atomic mass is 10.5. The van der Waals surface area contributed by atoms with Gasteiger partial charge < -0.3 is 3.79 Å². The van der Waals surface area contributed by atoms with Crippen molar-refractivity contribution in [2.45, 2.75) is 25.6 Å². The van der Waals surface area contributed by atoms with Crippen LogP contribution in [0.15, 0.2) is 0 Å². The molecule has 0 aliphatic carbocycles. The fraction of sp³-hybridized carbons (Fsp3) is 1.00. The molecule has 0 fully saturated rings. The minimum atomic E-state index is -0.0893. The van der Waals surface area contributed by atoms with Crippen LogP contribution >= 0.6 is 0 Å². The molecule has 0 aliphatic heterocycles. The lowest BCUT2D eigenvalue weighted by Gasteiger charge is -1.94. The quantitative estimate of drug-likeness (QED) is 0.396. The Balaban J connectivity index is 2.45. The van der Waals surface area contributed by atoms with E-state index in [9.17, 15) is 0 Å². The molecule has 0 aromatic heterocycles. The number of rotatable bonds is 4. The summed E-state index contributed by atoms with van der Waals surface area (Å²) in [4.78, 5) is 0. The molecule has 0 amide bonds. The van der Waals surface area contributed by atoms with E-state index in [0.717, 1.165) is 6.61 Å². The molecular formula is C5H13AlO.